The molecule has 11 heteroatoms. The number of fused-ring (bicyclic) bond motifs is 3. The molecule has 0 saturated carbocycles. The lowest BCUT2D eigenvalue weighted by Gasteiger charge is -2.51. The van der Waals surface area contributed by atoms with Crippen LogP contribution in [0.1, 0.15) is 43.9 Å². The molecule has 2 aliphatic rings. The van der Waals surface area contributed by atoms with Gasteiger partial charge in [-0.3, -0.25) is 9.29 Å². The lowest BCUT2D eigenvalue weighted by Crippen LogP contribution is -2.60. The Labute approximate surface area is 199 Å². The van der Waals surface area contributed by atoms with Crippen LogP contribution in [-0.4, -0.2) is 94.3 Å². The molecular weight excluding hydrogens is 398 g/mol. The van der Waals surface area contributed by atoms with Gasteiger partial charge in [-0.05, 0) is 54.4 Å². The third-order valence-electron chi connectivity index (χ3n) is 6.71. The fourth-order valence-electron chi connectivity index (χ4n) is 4.74. The zero-order valence-electron chi connectivity index (χ0n) is 19.1. The summed E-state index contributed by atoms with van der Waals surface area (Å²) < 4.78 is 25.3. The molecule has 1 fully saturated rings. The van der Waals surface area contributed by atoms with Crippen LogP contribution in [0.3, 0.4) is 0 Å². The van der Waals surface area contributed by atoms with E-state index >= 15 is 0 Å². The smallest absolute Gasteiger partial charge is 0.161 e. The summed E-state index contributed by atoms with van der Waals surface area (Å²) in [7, 11) is 35.1. The van der Waals surface area contributed by atoms with Crippen molar-refractivity contribution in [2.75, 3.05) is 20.2 Å². The molecule has 1 aromatic carbocycles. The molecule has 1 N–H and O–H groups in total. The van der Waals surface area contributed by atoms with Crippen LogP contribution in [0, 0.1) is 11.8 Å². The van der Waals surface area contributed by atoms with Crippen molar-refractivity contribution in [3.05, 3.63) is 23.3 Å². The predicted octanol–water partition coefficient (Wildman–Crippen LogP) is 0.804. The average molecular weight is 424 g/mol. The molecule has 0 aliphatic carbocycles. The van der Waals surface area contributed by atoms with Crippen molar-refractivity contribution in [1.82, 2.24) is 4.90 Å². The molecule has 158 valence electrons. The second-order valence-corrected chi connectivity index (χ2v) is 9.69. The molecule has 3 atom stereocenters. The molecule has 0 unspecified atom stereocenters. The van der Waals surface area contributed by atoms with Crippen LogP contribution in [0.5, 0.6) is 11.5 Å². The molecule has 0 spiro atoms. The van der Waals surface area contributed by atoms with Crippen molar-refractivity contribution < 1.29 is 19.0 Å². The van der Waals surface area contributed by atoms with Gasteiger partial charge in [0.1, 0.15) is 31.4 Å². The topological polar surface area (TPSA) is 41.9 Å². The number of ether oxygens (including phenoxy) is 2. The van der Waals surface area contributed by atoms with Crippen LogP contribution in [0.15, 0.2) is 12.1 Å². The van der Waals surface area contributed by atoms with Gasteiger partial charge in [-0.25, -0.2) is 0 Å². The lowest BCUT2D eigenvalue weighted by molar-refractivity contribution is -0.0192. The van der Waals surface area contributed by atoms with Gasteiger partial charge < -0.3 is 14.6 Å². The summed E-state index contributed by atoms with van der Waals surface area (Å²) in [4.78, 5) is 2.41. The third kappa shape index (κ3) is 4.80. The van der Waals surface area contributed by atoms with E-state index in [0.717, 1.165) is 37.1 Å². The Morgan fingerprint density at radius 2 is 1.81 bits per heavy atom. The van der Waals surface area contributed by atoms with E-state index in [0.29, 0.717) is 18.1 Å². The fraction of sp³-hybridized carbons (Fsp3) is 0.714. The molecule has 0 amide bonds. The van der Waals surface area contributed by atoms with Gasteiger partial charge in [-0.2, -0.15) is 0 Å². The second kappa shape index (κ2) is 9.02. The minimum Gasteiger partial charge on any atom is -0.504 e. The summed E-state index contributed by atoms with van der Waals surface area (Å²) in [6.45, 7) is 6.02. The number of alkyl halides is 1. The van der Waals surface area contributed by atoms with Crippen LogP contribution in [0.2, 0.25) is 5.21 Å². The van der Waals surface area contributed by atoms with Gasteiger partial charge in [-0.1, -0.05) is 19.1 Å². The highest BCUT2D eigenvalue weighted by Gasteiger charge is 2.47. The maximum absolute atomic E-state index is 14.2. The number of hydrogen-bond donors (Lipinski definition) is 1. The van der Waals surface area contributed by atoms with Gasteiger partial charge in [0.05, 0.1) is 28.9 Å². The third-order valence-corrected chi connectivity index (χ3v) is 6.71. The largest absolute Gasteiger partial charge is 0.504 e. The molecule has 4 nitrogen and oxygen atoms in total. The Hall–Kier alpha value is -0.940. The molecule has 1 saturated heterocycles. The van der Waals surface area contributed by atoms with Crippen molar-refractivity contribution in [2.24, 2.45) is 11.8 Å². The molecular formula is C21H26B6FNO3. The first kappa shape index (κ1) is 25.7. The van der Waals surface area contributed by atoms with Crippen molar-refractivity contribution in [2.45, 2.75) is 61.3 Å². The quantitative estimate of drug-likeness (QED) is 0.658. The first-order valence-electron chi connectivity index (χ1n) is 10.9. The highest BCUT2D eigenvalue weighted by molar-refractivity contribution is 6.60. The molecule has 2 heterocycles. The standard InChI is InChI=1S/C21H26B6FNO3/c1-11(2)6-13-10-29-5-4-12-7-18(32-21(26,27)19(22,23)20(24,25)28)17(31-3)8-14(12)15(29)9-16(13)30/h7-8,11,13,15-16,30H,4-6,9-10H2,1-3H3/t13-,15-,16-/m1/s1. The highest BCUT2D eigenvalue weighted by atomic mass is 19.1. The highest BCUT2D eigenvalue weighted by Crippen LogP contribution is 2.46. The Morgan fingerprint density at radius 1 is 1.16 bits per heavy atom. The van der Waals surface area contributed by atoms with E-state index in [4.69, 9.17) is 56.6 Å². The summed E-state index contributed by atoms with van der Waals surface area (Å²) in [6, 6.07) is 3.61. The summed E-state index contributed by atoms with van der Waals surface area (Å²) in [6.07, 6.45) is 1.98. The number of hydrogen-bond acceptors (Lipinski definition) is 4. The first-order chi connectivity index (χ1) is 14.7. The van der Waals surface area contributed by atoms with Gasteiger partial charge in [-0.15, -0.1) is 0 Å². The van der Waals surface area contributed by atoms with Crippen molar-refractivity contribution >= 4 is 47.1 Å². The summed E-state index contributed by atoms with van der Waals surface area (Å²) in [5, 5.41) is 5.72. The minimum absolute atomic E-state index is 0.0512. The molecule has 0 bridgehead atoms. The van der Waals surface area contributed by atoms with Gasteiger partial charge in [0.15, 0.2) is 11.5 Å². The summed E-state index contributed by atoms with van der Waals surface area (Å²) in [5.74, 6) is 1.24. The Balaban J connectivity index is 1.90. The monoisotopic (exact) mass is 425 g/mol. The zero-order chi connectivity index (χ0) is 24.1. The van der Waals surface area contributed by atoms with E-state index in [1.54, 1.807) is 6.07 Å². The summed E-state index contributed by atoms with van der Waals surface area (Å²) in [5.41, 5.74) is -1.09. The molecule has 12 radical (unpaired) electrons. The van der Waals surface area contributed by atoms with E-state index in [1.807, 2.05) is 6.07 Å². The van der Waals surface area contributed by atoms with Gasteiger partial charge >= 0.3 is 0 Å². The van der Waals surface area contributed by atoms with Gasteiger partial charge in [0.2, 0.25) is 0 Å². The van der Waals surface area contributed by atoms with Crippen LogP contribution in [-0.2, 0) is 6.42 Å². The SMILES string of the molecule is [B]C([B])(F)C([B])([B])C([B])([B])Oc1cc2c(cc1OC)[C@H]1C[C@@H](O)[C@H](CC(C)C)CN1CC2. The number of aliphatic hydroxyl groups excluding tert-OH is 1. The van der Waals surface area contributed by atoms with E-state index in [9.17, 15) is 9.50 Å². The normalized spacial score (nSPS) is 24.6. The molecule has 0 aromatic heterocycles. The Morgan fingerprint density at radius 3 is 2.38 bits per heavy atom. The van der Waals surface area contributed by atoms with E-state index in [2.05, 4.69) is 18.7 Å². The van der Waals surface area contributed by atoms with Crippen LogP contribution < -0.4 is 9.47 Å². The second-order valence-electron chi connectivity index (χ2n) is 9.69. The zero-order valence-corrected chi connectivity index (χ0v) is 19.1. The number of methoxy groups -OCH3 is 1. The van der Waals surface area contributed by atoms with E-state index < -0.39 is 16.1 Å². The number of nitrogens with zero attached hydrogens (tertiary/aromatic N) is 1. The van der Waals surface area contributed by atoms with E-state index in [1.165, 1.54) is 7.11 Å². The average Bonchev–Trinajstić information content (AvgIpc) is 2.66. The maximum atomic E-state index is 14.2. The van der Waals surface area contributed by atoms with Gasteiger partial charge in [0, 0.05) is 30.0 Å². The first-order valence-corrected chi connectivity index (χ1v) is 10.9. The number of aliphatic hydroxyl groups is 1. The van der Waals surface area contributed by atoms with Crippen molar-refractivity contribution in [1.29, 1.82) is 0 Å². The number of halogens is 1. The van der Waals surface area contributed by atoms with Gasteiger partial charge in [0.25, 0.3) is 0 Å². The number of piperidine rings is 1. The van der Waals surface area contributed by atoms with Crippen LogP contribution in [0.25, 0.3) is 0 Å². The van der Waals surface area contributed by atoms with Crippen molar-refractivity contribution in [3.8, 4) is 11.5 Å². The van der Waals surface area contributed by atoms with Crippen LogP contribution >= 0.6 is 0 Å². The van der Waals surface area contributed by atoms with Crippen molar-refractivity contribution in [3.63, 3.8) is 0 Å². The fourth-order valence-corrected chi connectivity index (χ4v) is 4.74. The number of rotatable bonds is 7. The molecule has 3 rings (SSSR count). The predicted molar refractivity (Wildman–Crippen MR) is 129 cm³/mol. The minimum atomic E-state index is -3.11. The Kier molecular flexibility index (Phi) is 7.24. The lowest BCUT2D eigenvalue weighted by atomic mass is 9.25. The summed E-state index contributed by atoms with van der Waals surface area (Å²) >= 11 is 0. The maximum Gasteiger partial charge on any atom is 0.161 e. The number of benzene rings is 1. The molecule has 32 heavy (non-hydrogen) atoms. The molecule has 1 aromatic rings. The van der Waals surface area contributed by atoms with Crippen LogP contribution in [0.4, 0.5) is 4.39 Å². The molecule has 2 aliphatic heterocycles. The Bertz CT molecular complexity index is 832. The van der Waals surface area contributed by atoms with E-state index in [-0.39, 0.29) is 23.8 Å².